The lowest BCUT2D eigenvalue weighted by atomic mass is 10.1. The summed E-state index contributed by atoms with van der Waals surface area (Å²) in [6.07, 6.45) is 6.15. The van der Waals surface area contributed by atoms with Gasteiger partial charge in [-0.3, -0.25) is 0 Å². The first-order valence-corrected chi connectivity index (χ1v) is 4.76. The summed E-state index contributed by atoms with van der Waals surface area (Å²) in [5.74, 6) is 0. The van der Waals surface area contributed by atoms with Gasteiger partial charge in [-0.25, -0.2) is 0 Å². The molecule has 67 valence electrons. The van der Waals surface area contributed by atoms with Crippen molar-refractivity contribution in [3.63, 3.8) is 0 Å². The standard InChI is InChI=1S/C10H21O/c1-4-7-8-10(6-3)11-9-5-2/h10H,3-9H2,1-2H3. The topological polar surface area (TPSA) is 9.23 Å². The van der Waals surface area contributed by atoms with Crippen molar-refractivity contribution in [2.45, 2.75) is 52.1 Å². The van der Waals surface area contributed by atoms with Crippen molar-refractivity contribution in [1.82, 2.24) is 0 Å². The van der Waals surface area contributed by atoms with Crippen LogP contribution in [0.3, 0.4) is 0 Å². The summed E-state index contributed by atoms with van der Waals surface area (Å²) >= 11 is 0. The van der Waals surface area contributed by atoms with E-state index in [1.165, 1.54) is 19.3 Å². The molecule has 0 aliphatic heterocycles. The third kappa shape index (κ3) is 6.36. The number of hydrogen-bond donors (Lipinski definition) is 0. The number of rotatable bonds is 7. The van der Waals surface area contributed by atoms with Gasteiger partial charge in [0.15, 0.2) is 0 Å². The van der Waals surface area contributed by atoms with Gasteiger partial charge in [0.05, 0.1) is 6.10 Å². The second-order valence-corrected chi connectivity index (χ2v) is 2.92. The fraction of sp³-hybridized carbons (Fsp3) is 0.900. The largest absolute Gasteiger partial charge is 0.378 e. The second-order valence-electron chi connectivity index (χ2n) is 2.92. The highest BCUT2D eigenvalue weighted by atomic mass is 16.5. The quantitative estimate of drug-likeness (QED) is 0.551. The van der Waals surface area contributed by atoms with E-state index in [9.17, 15) is 0 Å². The van der Waals surface area contributed by atoms with Crippen LogP contribution in [0, 0.1) is 6.92 Å². The molecule has 0 aliphatic rings. The molecule has 0 N–H and O–H groups in total. The zero-order valence-electron chi connectivity index (χ0n) is 7.94. The van der Waals surface area contributed by atoms with Crippen LogP contribution in [0.15, 0.2) is 0 Å². The Balaban J connectivity index is 3.25. The number of unbranched alkanes of at least 4 members (excludes halogenated alkanes) is 1. The van der Waals surface area contributed by atoms with E-state index >= 15 is 0 Å². The van der Waals surface area contributed by atoms with Crippen molar-refractivity contribution in [3.05, 3.63) is 6.92 Å². The van der Waals surface area contributed by atoms with E-state index in [0.717, 1.165) is 19.4 Å². The van der Waals surface area contributed by atoms with Crippen molar-refractivity contribution in [3.8, 4) is 0 Å². The zero-order chi connectivity index (χ0) is 8.53. The highest BCUT2D eigenvalue weighted by molar-refractivity contribution is 4.59. The van der Waals surface area contributed by atoms with Gasteiger partial charge < -0.3 is 4.74 Å². The summed E-state index contributed by atoms with van der Waals surface area (Å²) in [4.78, 5) is 0. The molecule has 0 bridgehead atoms. The van der Waals surface area contributed by atoms with E-state index in [1.54, 1.807) is 0 Å². The highest BCUT2D eigenvalue weighted by Crippen LogP contribution is 2.08. The molecule has 1 radical (unpaired) electrons. The SMILES string of the molecule is [CH2]CC(CCCC)OCCC. The Morgan fingerprint density at radius 1 is 1.27 bits per heavy atom. The summed E-state index contributed by atoms with van der Waals surface area (Å²) < 4.78 is 5.58. The summed E-state index contributed by atoms with van der Waals surface area (Å²) in [6.45, 7) is 9.11. The molecule has 1 heteroatoms. The Bertz CT molecular complexity index is 63.3. The van der Waals surface area contributed by atoms with Crippen LogP contribution in [0.2, 0.25) is 0 Å². The molecule has 0 spiro atoms. The first kappa shape index (κ1) is 11.0. The molecule has 0 fully saturated rings. The maximum atomic E-state index is 5.58. The van der Waals surface area contributed by atoms with E-state index in [-0.39, 0.29) is 0 Å². The lowest BCUT2D eigenvalue weighted by Crippen LogP contribution is -2.12. The van der Waals surface area contributed by atoms with E-state index in [0.29, 0.717) is 6.10 Å². The Labute approximate surface area is 71.1 Å². The molecule has 0 aromatic heterocycles. The van der Waals surface area contributed by atoms with E-state index in [2.05, 4.69) is 20.8 Å². The van der Waals surface area contributed by atoms with Crippen molar-refractivity contribution < 1.29 is 4.74 Å². The Hall–Kier alpha value is -0.0400. The van der Waals surface area contributed by atoms with Gasteiger partial charge in [-0.2, -0.15) is 0 Å². The third-order valence-electron chi connectivity index (χ3n) is 1.76. The monoisotopic (exact) mass is 157 g/mol. The maximum absolute atomic E-state index is 5.58. The van der Waals surface area contributed by atoms with Crippen molar-refractivity contribution in [2.75, 3.05) is 6.61 Å². The van der Waals surface area contributed by atoms with E-state index < -0.39 is 0 Å². The minimum atomic E-state index is 0.412. The van der Waals surface area contributed by atoms with Gasteiger partial charge in [-0.1, -0.05) is 33.6 Å². The highest BCUT2D eigenvalue weighted by Gasteiger charge is 2.03. The number of hydrogen-bond acceptors (Lipinski definition) is 1. The first-order chi connectivity index (χ1) is 5.35. The molecule has 1 unspecified atom stereocenters. The Morgan fingerprint density at radius 2 is 2.00 bits per heavy atom. The van der Waals surface area contributed by atoms with Gasteiger partial charge in [-0.05, 0) is 19.3 Å². The smallest absolute Gasteiger partial charge is 0.0575 e. The lowest BCUT2D eigenvalue weighted by molar-refractivity contribution is 0.0480. The minimum Gasteiger partial charge on any atom is -0.378 e. The molecule has 0 aromatic carbocycles. The van der Waals surface area contributed by atoms with Crippen LogP contribution in [0.25, 0.3) is 0 Å². The predicted molar refractivity (Wildman–Crippen MR) is 49.5 cm³/mol. The average molecular weight is 157 g/mol. The second kappa shape index (κ2) is 8.06. The molecule has 1 atom stereocenters. The van der Waals surface area contributed by atoms with E-state index in [4.69, 9.17) is 4.74 Å². The molecule has 11 heavy (non-hydrogen) atoms. The molecule has 0 rings (SSSR count). The van der Waals surface area contributed by atoms with Crippen LogP contribution in [-0.2, 0) is 4.74 Å². The normalized spacial score (nSPS) is 13.4. The van der Waals surface area contributed by atoms with Crippen molar-refractivity contribution in [1.29, 1.82) is 0 Å². The van der Waals surface area contributed by atoms with Gasteiger partial charge in [0.25, 0.3) is 0 Å². The van der Waals surface area contributed by atoms with E-state index in [1.807, 2.05) is 0 Å². The molecular weight excluding hydrogens is 136 g/mol. The van der Waals surface area contributed by atoms with Gasteiger partial charge in [-0.15, -0.1) is 0 Å². The lowest BCUT2D eigenvalue weighted by Gasteiger charge is -2.14. The Kier molecular flexibility index (Phi) is 8.03. The molecule has 0 saturated heterocycles. The molecule has 0 amide bonds. The van der Waals surface area contributed by atoms with Crippen molar-refractivity contribution in [2.24, 2.45) is 0 Å². The van der Waals surface area contributed by atoms with Crippen LogP contribution >= 0.6 is 0 Å². The molecular formula is C10H21O. The van der Waals surface area contributed by atoms with Crippen LogP contribution in [-0.4, -0.2) is 12.7 Å². The number of ether oxygens (including phenoxy) is 1. The Morgan fingerprint density at radius 3 is 2.45 bits per heavy atom. The van der Waals surface area contributed by atoms with Crippen LogP contribution in [0.5, 0.6) is 0 Å². The molecule has 0 heterocycles. The van der Waals surface area contributed by atoms with Crippen LogP contribution in [0.1, 0.15) is 46.0 Å². The summed E-state index contributed by atoms with van der Waals surface area (Å²) in [5, 5.41) is 0. The summed E-state index contributed by atoms with van der Waals surface area (Å²) in [5.41, 5.74) is 0. The first-order valence-electron chi connectivity index (χ1n) is 4.76. The van der Waals surface area contributed by atoms with Gasteiger partial charge in [0, 0.05) is 6.61 Å². The van der Waals surface area contributed by atoms with Crippen LogP contribution in [0.4, 0.5) is 0 Å². The fourth-order valence-electron chi connectivity index (χ4n) is 1.03. The van der Waals surface area contributed by atoms with Gasteiger partial charge in [0.2, 0.25) is 0 Å². The minimum absolute atomic E-state index is 0.412. The van der Waals surface area contributed by atoms with Gasteiger partial charge >= 0.3 is 0 Å². The van der Waals surface area contributed by atoms with Crippen LogP contribution < -0.4 is 0 Å². The zero-order valence-corrected chi connectivity index (χ0v) is 7.94. The van der Waals surface area contributed by atoms with Crippen molar-refractivity contribution >= 4 is 0 Å². The summed E-state index contributed by atoms with van der Waals surface area (Å²) in [7, 11) is 0. The summed E-state index contributed by atoms with van der Waals surface area (Å²) in [6, 6.07) is 0. The molecule has 1 nitrogen and oxygen atoms in total. The average Bonchev–Trinajstić information content (AvgIpc) is 2.05. The molecule has 0 aliphatic carbocycles. The fourth-order valence-corrected chi connectivity index (χ4v) is 1.03. The van der Waals surface area contributed by atoms with Gasteiger partial charge in [0.1, 0.15) is 0 Å². The molecule has 0 saturated carbocycles. The predicted octanol–water partition coefficient (Wildman–Crippen LogP) is 3.20. The third-order valence-corrected chi connectivity index (χ3v) is 1.76. The molecule has 0 aromatic rings. The maximum Gasteiger partial charge on any atom is 0.0575 e.